The van der Waals surface area contributed by atoms with E-state index < -0.39 is 39.3 Å². The van der Waals surface area contributed by atoms with Gasteiger partial charge in [-0.15, -0.1) is 0 Å². The highest BCUT2D eigenvalue weighted by Gasteiger charge is 2.30. The Hall–Kier alpha value is -1.35. The molecule has 0 aliphatic rings. The van der Waals surface area contributed by atoms with Crippen LogP contribution in [-0.2, 0) is 19.6 Å². The standard InChI is InChI=1S/C10H9Cl2NO6S/c11-5-2-1-3-6(12)9(5)20(18,19)13-7(10(16)17)4-8(14)15/h1-3,7,13H,4H2,(H,14,15)(H,16,17)/t7-/m0/s1. The lowest BCUT2D eigenvalue weighted by Crippen LogP contribution is -2.42. The average molecular weight is 342 g/mol. The van der Waals surface area contributed by atoms with Gasteiger partial charge in [0.2, 0.25) is 10.0 Å². The maximum Gasteiger partial charge on any atom is 0.322 e. The van der Waals surface area contributed by atoms with Crippen molar-refractivity contribution in [2.24, 2.45) is 0 Å². The summed E-state index contributed by atoms with van der Waals surface area (Å²) in [6.07, 6.45) is -0.920. The molecular weight excluding hydrogens is 333 g/mol. The Balaban J connectivity index is 3.17. The van der Waals surface area contributed by atoms with Crippen molar-refractivity contribution in [1.82, 2.24) is 4.72 Å². The number of aliphatic carboxylic acids is 2. The van der Waals surface area contributed by atoms with Gasteiger partial charge < -0.3 is 10.2 Å². The van der Waals surface area contributed by atoms with Crippen LogP contribution in [0.25, 0.3) is 0 Å². The highest BCUT2D eigenvalue weighted by atomic mass is 35.5. The van der Waals surface area contributed by atoms with Crippen molar-refractivity contribution in [2.45, 2.75) is 17.4 Å². The molecule has 110 valence electrons. The second-order valence-electron chi connectivity index (χ2n) is 3.66. The van der Waals surface area contributed by atoms with Crippen LogP contribution in [0.1, 0.15) is 6.42 Å². The third kappa shape index (κ3) is 4.07. The van der Waals surface area contributed by atoms with Gasteiger partial charge >= 0.3 is 11.9 Å². The molecule has 1 aromatic carbocycles. The van der Waals surface area contributed by atoms with E-state index in [1.54, 1.807) is 4.72 Å². The number of carboxylic acid groups (broad SMARTS) is 2. The van der Waals surface area contributed by atoms with Crippen molar-refractivity contribution >= 4 is 45.2 Å². The zero-order valence-electron chi connectivity index (χ0n) is 9.71. The number of hydrogen-bond donors (Lipinski definition) is 3. The fourth-order valence-electron chi connectivity index (χ4n) is 1.34. The van der Waals surface area contributed by atoms with Crippen LogP contribution in [0.2, 0.25) is 10.0 Å². The van der Waals surface area contributed by atoms with E-state index >= 15 is 0 Å². The van der Waals surface area contributed by atoms with Gasteiger partial charge in [0.1, 0.15) is 10.9 Å². The first kappa shape index (κ1) is 16.7. The molecule has 0 fully saturated rings. The van der Waals surface area contributed by atoms with Gasteiger partial charge in [-0.2, -0.15) is 4.72 Å². The van der Waals surface area contributed by atoms with Crippen LogP contribution in [0.15, 0.2) is 23.1 Å². The lowest BCUT2D eigenvalue weighted by atomic mass is 10.2. The van der Waals surface area contributed by atoms with Crippen molar-refractivity contribution in [3.8, 4) is 0 Å². The molecule has 0 unspecified atom stereocenters. The molecule has 0 saturated heterocycles. The minimum absolute atomic E-state index is 0.204. The Morgan fingerprint density at radius 2 is 1.70 bits per heavy atom. The molecule has 7 nitrogen and oxygen atoms in total. The van der Waals surface area contributed by atoms with E-state index in [2.05, 4.69) is 0 Å². The first-order chi connectivity index (χ1) is 9.15. The number of nitrogens with one attached hydrogen (secondary N) is 1. The number of sulfonamides is 1. The summed E-state index contributed by atoms with van der Waals surface area (Å²) in [5.74, 6) is -3.09. The van der Waals surface area contributed by atoms with Crippen LogP contribution in [-0.4, -0.2) is 36.6 Å². The van der Waals surface area contributed by atoms with Crippen molar-refractivity contribution in [2.75, 3.05) is 0 Å². The molecule has 0 heterocycles. The second kappa shape index (κ2) is 6.40. The number of rotatable bonds is 6. The summed E-state index contributed by atoms with van der Waals surface area (Å²) >= 11 is 11.4. The molecular formula is C10H9Cl2NO6S. The fourth-order valence-corrected chi connectivity index (χ4v) is 3.67. The maximum absolute atomic E-state index is 12.0. The lowest BCUT2D eigenvalue weighted by Gasteiger charge is -2.14. The summed E-state index contributed by atoms with van der Waals surface area (Å²) in [7, 11) is -4.37. The van der Waals surface area contributed by atoms with Crippen molar-refractivity contribution in [3.05, 3.63) is 28.2 Å². The smallest absolute Gasteiger partial charge is 0.322 e. The van der Waals surface area contributed by atoms with E-state index in [0.717, 1.165) is 0 Å². The van der Waals surface area contributed by atoms with E-state index in [0.29, 0.717) is 0 Å². The molecule has 0 bridgehead atoms. The third-order valence-corrected chi connectivity index (χ3v) is 4.59. The number of halogens is 2. The molecule has 1 atom stereocenters. The Bertz CT molecular complexity index is 625. The van der Waals surface area contributed by atoms with Gasteiger partial charge in [0.05, 0.1) is 16.5 Å². The van der Waals surface area contributed by atoms with E-state index in [9.17, 15) is 18.0 Å². The minimum Gasteiger partial charge on any atom is -0.481 e. The molecule has 0 saturated carbocycles. The van der Waals surface area contributed by atoms with Gasteiger partial charge in [0, 0.05) is 0 Å². The highest BCUT2D eigenvalue weighted by molar-refractivity contribution is 7.89. The van der Waals surface area contributed by atoms with Crippen LogP contribution in [0.5, 0.6) is 0 Å². The zero-order chi connectivity index (χ0) is 15.5. The number of carbonyl (C=O) groups is 2. The monoisotopic (exact) mass is 341 g/mol. The van der Waals surface area contributed by atoms with Gasteiger partial charge in [-0.1, -0.05) is 29.3 Å². The fraction of sp³-hybridized carbons (Fsp3) is 0.200. The molecule has 1 rings (SSSR count). The summed E-state index contributed by atoms with van der Waals surface area (Å²) in [5.41, 5.74) is 0. The quantitative estimate of drug-likeness (QED) is 0.714. The molecule has 10 heteroatoms. The molecule has 0 radical (unpaired) electrons. The van der Waals surface area contributed by atoms with Crippen LogP contribution < -0.4 is 4.72 Å². The van der Waals surface area contributed by atoms with Crippen molar-refractivity contribution in [1.29, 1.82) is 0 Å². The zero-order valence-corrected chi connectivity index (χ0v) is 12.0. The topological polar surface area (TPSA) is 121 Å². The number of carboxylic acids is 2. The van der Waals surface area contributed by atoms with E-state index in [1.165, 1.54) is 18.2 Å². The first-order valence-electron chi connectivity index (χ1n) is 5.06. The molecule has 0 aliphatic heterocycles. The van der Waals surface area contributed by atoms with Crippen LogP contribution in [0.4, 0.5) is 0 Å². The van der Waals surface area contributed by atoms with Crippen molar-refractivity contribution in [3.63, 3.8) is 0 Å². The second-order valence-corrected chi connectivity index (χ2v) is 6.13. The average Bonchev–Trinajstić information content (AvgIpc) is 2.26. The molecule has 20 heavy (non-hydrogen) atoms. The maximum atomic E-state index is 12.0. The molecule has 0 amide bonds. The first-order valence-corrected chi connectivity index (χ1v) is 7.30. The Labute approximate surface area is 124 Å². The lowest BCUT2D eigenvalue weighted by molar-refractivity contribution is -0.145. The Morgan fingerprint density at radius 3 is 2.10 bits per heavy atom. The predicted octanol–water partition coefficient (Wildman–Crippen LogP) is 1.20. The largest absolute Gasteiger partial charge is 0.481 e. The summed E-state index contributed by atoms with van der Waals surface area (Å²) in [4.78, 5) is 20.9. The molecule has 1 aromatic rings. The number of hydrogen-bond acceptors (Lipinski definition) is 4. The van der Waals surface area contributed by atoms with E-state index in [-0.39, 0.29) is 10.0 Å². The van der Waals surface area contributed by atoms with Gasteiger partial charge in [-0.05, 0) is 12.1 Å². The van der Waals surface area contributed by atoms with Crippen LogP contribution in [0.3, 0.4) is 0 Å². The summed E-state index contributed by atoms with van der Waals surface area (Å²) in [5, 5.41) is 17.0. The van der Waals surface area contributed by atoms with Gasteiger partial charge in [-0.3, -0.25) is 9.59 Å². The number of benzene rings is 1. The van der Waals surface area contributed by atoms with Gasteiger partial charge in [0.15, 0.2) is 0 Å². The SMILES string of the molecule is O=C(O)C[C@H](NS(=O)(=O)c1c(Cl)cccc1Cl)C(=O)O. The third-order valence-electron chi connectivity index (χ3n) is 2.16. The van der Waals surface area contributed by atoms with E-state index in [1.807, 2.05) is 0 Å². The highest BCUT2D eigenvalue weighted by Crippen LogP contribution is 2.29. The molecule has 0 aromatic heterocycles. The van der Waals surface area contributed by atoms with E-state index in [4.69, 9.17) is 33.4 Å². The molecule has 0 aliphatic carbocycles. The van der Waals surface area contributed by atoms with Gasteiger partial charge in [-0.25, -0.2) is 8.42 Å². The Kier molecular flexibility index (Phi) is 5.35. The van der Waals surface area contributed by atoms with Crippen molar-refractivity contribution < 1.29 is 28.2 Å². The minimum atomic E-state index is -4.37. The van der Waals surface area contributed by atoms with Crippen LogP contribution >= 0.6 is 23.2 Å². The van der Waals surface area contributed by atoms with Gasteiger partial charge in [0.25, 0.3) is 0 Å². The normalized spacial score (nSPS) is 12.9. The molecule has 3 N–H and O–H groups in total. The summed E-state index contributed by atoms with van der Waals surface area (Å²) < 4.78 is 25.8. The summed E-state index contributed by atoms with van der Waals surface area (Å²) in [6.45, 7) is 0. The predicted molar refractivity (Wildman–Crippen MR) is 70.5 cm³/mol. The molecule has 0 spiro atoms. The Morgan fingerprint density at radius 1 is 1.20 bits per heavy atom. The summed E-state index contributed by atoms with van der Waals surface area (Å²) in [6, 6.07) is 2.10. The van der Waals surface area contributed by atoms with Crippen LogP contribution in [0, 0.1) is 0 Å².